The van der Waals surface area contributed by atoms with Gasteiger partial charge in [-0.05, 0) is 37.4 Å². The largest absolute Gasteiger partial charge is 0.366 e. The van der Waals surface area contributed by atoms with Crippen molar-refractivity contribution in [3.05, 3.63) is 35.9 Å². The smallest absolute Gasteiger partial charge is 0.152 e. The predicted molar refractivity (Wildman–Crippen MR) is 87.6 cm³/mol. The molecule has 1 aromatic carbocycles. The molecule has 0 aliphatic carbocycles. The number of aromatic nitrogens is 2. The highest BCUT2D eigenvalue weighted by Gasteiger charge is 2.21. The summed E-state index contributed by atoms with van der Waals surface area (Å²) in [6.07, 6.45) is 2.32. The van der Waals surface area contributed by atoms with Gasteiger partial charge in [0.25, 0.3) is 0 Å². The number of rotatable bonds is 4. The lowest BCUT2D eigenvalue weighted by Crippen LogP contribution is -2.35. The Morgan fingerprint density at radius 2 is 1.86 bits per heavy atom. The van der Waals surface area contributed by atoms with Gasteiger partial charge in [0.2, 0.25) is 0 Å². The van der Waals surface area contributed by atoms with Gasteiger partial charge in [0.1, 0.15) is 0 Å². The summed E-state index contributed by atoms with van der Waals surface area (Å²) >= 11 is 0. The molecule has 3 rings (SSSR count). The lowest BCUT2D eigenvalue weighted by molar-refractivity contribution is 0.478. The second-order valence-corrected chi connectivity index (χ2v) is 6.05. The number of nitrogens with one attached hydrogen (secondary N) is 3. The van der Waals surface area contributed by atoms with Gasteiger partial charge in [-0.25, -0.2) is 0 Å². The van der Waals surface area contributed by atoms with Gasteiger partial charge in [0, 0.05) is 11.6 Å². The molecule has 112 valence electrons. The molecule has 0 unspecified atom stereocenters. The Kier molecular flexibility index (Phi) is 4.25. The third-order valence-electron chi connectivity index (χ3n) is 4.12. The zero-order valence-electron chi connectivity index (χ0n) is 12.8. The highest BCUT2D eigenvalue weighted by molar-refractivity contribution is 5.70. The van der Waals surface area contributed by atoms with Crippen molar-refractivity contribution >= 4 is 5.82 Å². The van der Waals surface area contributed by atoms with Crippen LogP contribution in [0.5, 0.6) is 0 Å². The van der Waals surface area contributed by atoms with Crippen LogP contribution in [0.1, 0.15) is 38.2 Å². The van der Waals surface area contributed by atoms with Crippen molar-refractivity contribution in [2.45, 2.75) is 38.6 Å². The molecule has 0 atom stereocenters. The van der Waals surface area contributed by atoms with Gasteiger partial charge in [-0.2, -0.15) is 5.10 Å². The molecule has 1 fully saturated rings. The SMILES string of the molecule is CC(C)c1c(NC2CCNCC2)n[nH]c1-c1ccccc1. The standard InChI is InChI=1S/C17H24N4/c1-12(2)15-16(13-6-4-3-5-7-13)20-21-17(15)19-14-8-10-18-11-9-14/h3-7,12,14,18H,8-11H2,1-2H3,(H2,19,20,21). The molecule has 4 heteroatoms. The number of anilines is 1. The first-order valence-corrected chi connectivity index (χ1v) is 7.86. The quantitative estimate of drug-likeness (QED) is 0.807. The van der Waals surface area contributed by atoms with E-state index < -0.39 is 0 Å². The number of aromatic amines is 1. The van der Waals surface area contributed by atoms with Crippen molar-refractivity contribution in [3.63, 3.8) is 0 Å². The second kappa shape index (κ2) is 6.31. The average Bonchev–Trinajstić information content (AvgIpc) is 2.93. The molecular weight excluding hydrogens is 260 g/mol. The molecule has 3 N–H and O–H groups in total. The normalized spacial score (nSPS) is 16.3. The van der Waals surface area contributed by atoms with Crippen molar-refractivity contribution in [1.29, 1.82) is 0 Å². The Bertz CT molecular complexity index is 568. The Labute approximate surface area is 126 Å². The summed E-state index contributed by atoms with van der Waals surface area (Å²) in [6.45, 7) is 6.63. The van der Waals surface area contributed by atoms with E-state index in [0.29, 0.717) is 12.0 Å². The van der Waals surface area contributed by atoms with E-state index in [1.807, 2.05) is 6.07 Å². The van der Waals surface area contributed by atoms with Crippen molar-refractivity contribution in [2.24, 2.45) is 0 Å². The highest BCUT2D eigenvalue weighted by atomic mass is 15.2. The van der Waals surface area contributed by atoms with Crippen LogP contribution in [0.15, 0.2) is 30.3 Å². The lowest BCUT2D eigenvalue weighted by Gasteiger charge is -2.24. The number of benzene rings is 1. The third kappa shape index (κ3) is 3.10. The Balaban J connectivity index is 1.89. The van der Waals surface area contributed by atoms with Crippen LogP contribution >= 0.6 is 0 Å². The van der Waals surface area contributed by atoms with Crippen LogP contribution in [0.4, 0.5) is 5.82 Å². The molecule has 1 aromatic heterocycles. The molecule has 0 amide bonds. The first kappa shape index (κ1) is 14.1. The van der Waals surface area contributed by atoms with Crippen LogP contribution in [0.2, 0.25) is 0 Å². The van der Waals surface area contributed by atoms with Gasteiger partial charge in [0.05, 0.1) is 5.69 Å². The number of hydrogen-bond donors (Lipinski definition) is 3. The fraction of sp³-hybridized carbons (Fsp3) is 0.471. The van der Waals surface area contributed by atoms with Crippen LogP contribution in [0, 0.1) is 0 Å². The maximum Gasteiger partial charge on any atom is 0.152 e. The van der Waals surface area contributed by atoms with Crippen LogP contribution in [-0.4, -0.2) is 29.3 Å². The number of hydrogen-bond acceptors (Lipinski definition) is 3. The molecule has 21 heavy (non-hydrogen) atoms. The third-order valence-corrected chi connectivity index (χ3v) is 4.12. The van der Waals surface area contributed by atoms with Crippen LogP contribution in [0.25, 0.3) is 11.3 Å². The van der Waals surface area contributed by atoms with E-state index in [0.717, 1.165) is 37.4 Å². The monoisotopic (exact) mass is 284 g/mol. The van der Waals surface area contributed by atoms with Gasteiger partial charge < -0.3 is 10.6 Å². The zero-order chi connectivity index (χ0) is 14.7. The summed E-state index contributed by atoms with van der Waals surface area (Å²) in [5.74, 6) is 1.46. The topological polar surface area (TPSA) is 52.7 Å². The first-order valence-electron chi connectivity index (χ1n) is 7.86. The van der Waals surface area contributed by atoms with Crippen molar-refractivity contribution in [2.75, 3.05) is 18.4 Å². The molecule has 0 saturated carbocycles. The molecule has 1 aliphatic heterocycles. The summed E-state index contributed by atoms with van der Waals surface area (Å²) in [5, 5.41) is 14.8. The maximum atomic E-state index is 4.55. The minimum absolute atomic E-state index is 0.433. The maximum absolute atomic E-state index is 4.55. The van der Waals surface area contributed by atoms with E-state index in [2.05, 4.69) is 58.9 Å². The van der Waals surface area contributed by atoms with E-state index in [9.17, 15) is 0 Å². The molecule has 4 nitrogen and oxygen atoms in total. The molecule has 0 spiro atoms. The van der Waals surface area contributed by atoms with E-state index in [1.54, 1.807) is 0 Å². The van der Waals surface area contributed by atoms with Gasteiger partial charge >= 0.3 is 0 Å². The van der Waals surface area contributed by atoms with Crippen LogP contribution in [0.3, 0.4) is 0 Å². The predicted octanol–water partition coefficient (Wildman–Crippen LogP) is 3.36. The summed E-state index contributed by atoms with van der Waals surface area (Å²) in [7, 11) is 0. The summed E-state index contributed by atoms with van der Waals surface area (Å²) in [6, 6.07) is 11.0. The Morgan fingerprint density at radius 1 is 1.14 bits per heavy atom. The number of H-pyrrole nitrogens is 1. The van der Waals surface area contributed by atoms with E-state index in [4.69, 9.17) is 0 Å². The van der Waals surface area contributed by atoms with E-state index in [1.165, 1.54) is 11.1 Å². The van der Waals surface area contributed by atoms with E-state index >= 15 is 0 Å². The molecule has 0 radical (unpaired) electrons. The van der Waals surface area contributed by atoms with Gasteiger partial charge in [-0.15, -0.1) is 0 Å². The van der Waals surface area contributed by atoms with Gasteiger partial charge in [0.15, 0.2) is 5.82 Å². The van der Waals surface area contributed by atoms with Crippen LogP contribution in [-0.2, 0) is 0 Å². The Hall–Kier alpha value is -1.81. The van der Waals surface area contributed by atoms with E-state index in [-0.39, 0.29) is 0 Å². The molecule has 0 bridgehead atoms. The summed E-state index contributed by atoms with van der Waals surface area (Å²) in [4.78, 5) is 0. The number of nitrogens with zero attached hydrogens (tertiary/aromatic N) is 1. The van der Waals surface area contributed by atoms with Crippen molar-refractivity contribution in [1.82, 2.24) is 15.5 Å². The summed E-state index contributed by atoms with van der Waals surface area (Å²) in [5.41, 5.74) is 3.63. The highest BCUT2D eigenvalue weighted by Crippen LogP contribution is 2.33. The second-order valence-electron chi connectivity index (χ2n) is 6.05. The van der Waals surface area contributed by atoms with Gasteiger partial charge in [-0.3, -0.25) is 5.10 Å². The van der Waals surface area contributed by atoms with Crippen LogP contribution < -0.4 is 10.6 Å². The minimum atomic E-state index is 0.433. The molecular formula is C17H24N4. The minimum Gasteiger partial charge on any atom is -0.366 e. The molecule has 1 aliphatic rings. The number of piperidine rings is 1. The fourth-order valence-corrected chi connectivity index (χ4v) is 3.01. The molecule has 1 saturated heterocycles. The first-order chi connectivity index (χ1) is 10.3. The fourth-order valence-electron chi connectivity index (χ4n) is 3.01. The van der Waals surface area contributed by atoms with Crippen molar-refractivity contribution in [3.8, 4) is 11.3 Å². The Morgan fingerprint density at radius 3 is 2.52 bits per heavy atom. The van der Waals surface area contributed by atoms with Crippen molar-refractivity contribution < 1.29 is 0 Å². The van der Waals surface area contributed by atoms with Gasteiger partial charge in [-0.1, -0.05) is 44.2 Å². The molecule has 2 heterocycles. The lowest BCUT2D eigenvalue weighted by atomic mass is 9.98. The summed E-state index contributed by atoms with van der Waals surface area (Å²) < 4.78 is 0. The average molecular weight is 284 g/mol. The molecule has 2 aromatic rings. The zero-order valence-corrected chi connectivity index (χ0v) is 12.8.